The number of ether oxygens (including phenoxy) is 1. The van der Waals surface area contributed by atoms with Gasteiger partial charge in [0, 0.05) is 11.3 Å². The van der Waals surface area contributed by atoms with Gasteiger partial charge in [-0.3, -0.25) is 0 Å². The zero-order valence-corrected chi connectivity index (χ0v) is 11.4. The number of carbonyl (C=O) groups is 1. The van der Waals surface area contributed by atoms with E-state index in [1.54, 1.807) is 24.3 Å². The number of benzene rings is 2. The molecule has 0 aliphatic heterocycles. The van der Waals surface area contributed by atoms with Gasteiger partial charge in [-0.1, -0.05) is 23.8 Å². The van der Waals surface area contributed by atoms with E-state index in [-0.39, 0.29) is 23.3 Å². The normalized spacial score (nSPS) is 9.95. The first-order valence-electron chi connectivity index (χ1n) is 6.23. The fourth-order valence-corrected chi connectivity index (χ4v) is 1.85. The predicted octanol–water partition coefficient (Wildman–Crippen LogP) is 2.95. The highest BCUT2D eigenvalue weighted by atomic mass is 19.1. The quantitative estimate of drug-likeness (QED) is 0.694. The van der Waals surface area contributed by atoms with Crippen molar-refractivity contribution in [1.82, 2.24) is 0 Å². The van der Waals surface area contributed by atoms with Gasteiger partial charge in [0.25, 0.3) is 0 Å². The molecule has 0 radical (unpaired) electrons. The number of rotatable bonds is 3. The zero-order chi connectivity index (χ0) is 15.4. The Morgan fingerprint density at radius 3 is 2.86 bits per heavy atom. The molecule has 106 valence electrons. The Bertz CT molecular complexity index is 736. The van der Waals surface area contributed by atoms with Crippen LogP contribution in [-0.2, 0) is 11.3 Å². The summed E-state index contributed by atoms with van der Waals surface area (Å²) < 4.78 is 18.9. The molecular weight excluding hydrogens is 271 g/mol. The number of nitrogens with zero attached hydrogens (tertiary/aromatic N) is 1. The maximum absolute atomic E-state index is 13.8. The van der Waals surface area contributed by atoms with Gasteiger partial charge in [-0.2, -0.15) is 5.26 Å². The molecule has 21 heavy (non-hydrogen) atoms. The minimum Gasteiger partial charge on any atom is -0.457 e. The molecule has 0 unspecified atom stereocenters. The van der Waals surface area contributed by atoms with Crippen LogP contribution in [0.4, 0.5) is 10.1 Å². The second-order valence-corrected chi connectivity index (χ2v) is 4.56. The molecule has 0 bridgehead atoms. The molecular formula is C16H13FN2O2. The van der Waals surface area contributed by atoms with Crippen molar-refractivity contribution in [3.05, 3.63) is 64.5 Å². The number of nitriles is 1. The molecule has 0 aliphatic carbocycles. The van der Waals surface area contributed by atoms with Crippen LogP contribution in [0.3, 0.4) is 0 Å². The van der Waals surface area contributed by atoms with Gasteiger partial charge >= 0.3 is 5.97 Å². The number of esters is 1. The van der Waals surface area contributed by atoms with Crippen LogP contribution in [0, 0.1) is 24.1 Å². The second-order valence-electron chi connectivity index (χ2n) is 4.56. The highest BCUT2D eigenvalue weighted by molar-refractivity contribution is 5.95. The molecule has 0 saturated heterocycles. The third-order valence-electron chi connectivity index (χ3n) is 2.99. The van der Waals surface area contributed by atoms with Crippen molar-refractivity contribution in [2.45, 2.75) is 13.5 Å². The SMILES string of the molecule is Cc1ccc(N)c(C(=O)OCc2cccc(C#N)c2F)c1. The predicted molar refractivity (Wildman–Crippen MR) is 75.8 cm³/mol. The molecule has 0 saturated carbocycles. The average molecular weight is 284 g/mol. The van der Waals surface area contributed by atoms with E-state index in [4.69, 9.17) is 15.7 Å². The van der Waals surface area contributed by atoms with Crippen LogP contribution >= 0.6 is 0 Å². The van der Waals surface area contributed by atoms with Crippen molar-refractivity contribution < 1.29 is 13.9 Å². The highest BCUT2D eigenvalue weighted by Crippen LogP contribution is 2.17. The van der Waals surface area contributed by atoms with E-state index in [0.29, 0.717) is 5.69 Å². The van der Waals surface area contributed by atoms with Crippen LogP contribution in [0.5, 0.6) is 0 Å². The van der Waals surface area contributed by atoms with Gasteiger partial charge in [0.15, 0.2) is 0 Å². The number of halogens is 1. The van der Waals surface area contributed by atoms with E-state index in [0.717, 1.165) is 5.56 Å². The fourth-order valence-electron chi connectivity index (χ4n) is 1.85. The van der Waals surface area contributed by atoms with E-state index in [1.165, 1.54) is 18.2 Å². The molecule has 2 rings (SSSR count). The van der Waals surface area contributed by atoms with E-state index in [2.05, 4.69) is 0 Å². The Labute approximate surface area is 121 Å². The first kappa shape index (κ1) is 14.5. The maximum atomic E-state index is 13.8. The summed E-state index contributed by atoms with van der Waals surface area (Å²) in [7, 11) is 0. The van der Waals surface area contributed by atoms with Gasteiger partial charge in [-0.25, -0.2) is 9.18 Å². The monoisotopic (exact) mass is 284 g/mol. The van der Waals surface area contributed by atoms with Crippen LogP contribution in [-0.4, -0.2) is 5.97 Å². The van der Waals surface area contributed by atoms with Gasteiger partial charge in [0.1, 0.15) is 18.5 Å². The minimum absolute atomic E-state index is 0.0846. The summed E-state index contributed by atoms with van der Waals surface area (Å²) in [5.74, 6) is -1.30. The third-order valence-corrected chi connectivity index (χ3v) is 2.99. The highest BCUT2D eigenvalue weighted by Gasteiger charge is 2.14. The average Bonchev–Trinajstić information content (AvgIpc) is 2.48. The molecule has 4 nitrogen and oxygen atoms in total. The number of hydrogen-bond acceptors (Lipinski definition) is 4. The van der Waals surface area contributed by atoms with Crippen molar-refractivity contribution >= 4 is 11.7 Å². The maximum Gasteiger partial charge on any atom is 0.340 e. The first-order valence-corrected chi connectivity index (χ1v) is 6.23. The second kappa shape index (κ2) is 6.06. The molecule has 0 fully saturated rings. The van der Waals surface area contributed by atoms with Crippen LogP contribution in [0.25, 0.3) is 0 Å². The molecule has 0 atom stereocenters. The van der Waals surface area contributed by atoms with E-state index >= 15 is 0 Å². The summed E-state index contributed by atoms with van der Waals surface area (Å²) in [5, 5.41) is 8.75. The lowest BCUT2D eigenvalue weighted by atomic mass is 10.1. The Morgan fingerprint density at radius 1 is 1.38 bits per heavy atom. The Morgan fingerprint density at radius 2 is 2.14 bits per heavy atom. The number of aryl methyl sites for hydroxylation is 1. The third kappa shape index (κ3) is 3.18. The number of hydrogen-bond donors (Lipinski definition) is 1. The topological polar surface area (TPSA) is 76.1 Å². The molecule has 0 amide bonds. The summed E-state index contributed by atoms with van der Waals surface area (Å²) in [4.78, 5) is 12.0. The van der Waals surface area contributed by atoms with E-state index in [9.17, 15) is 9.18 Å². The van der Waals surface area contributed by atoms with E-state index < -0.39 is 11.8 Å². The summed E-state index contributed by atoms with van der Waals surface area (Å²) in [5.41, 5.74) is 7.19. The molecule has 5 heteroatoms. The van der Waals surface area contributed by atoms with Gasteiger partial charge in [-0.05, 0) is 25.1 Å². The minimum atomic E-state index is -0.676. The van der Waals surface area contributed by atoms with Crippen molar-refractivity contribution in [2.24, 2.45) is 0 Å². The number of nitrogens with two attached hydrogens (primary N) is 1. The standard InChI is InChI=1S/C16H13FN2O2/c1-10-5-6-14(19)13(7-10)16(20)21-9-12-4-2-3-11(8-18)15(12)17/h2-7H,9,19H2,1H3. The van der Waals surface area contributed by atoms with Crippen LogP contribution in [0.15, 0.2) is 36.4 Å². The van der Waals surface area contributed by atoms with Crippen molar-refractivity contribution in [2.75, 3.05) is 5.73 Å². The largest absolute Gasteiger partial charge is 0.457 e. The number of anilines is 1. The summed E-state index contributed by atoms with van der Waals surface area (Å²) in [6, 6.07) is 11.1. The molecule has 0 aliphatic rings. The lowest BCUT2D eigenvalue weighted by Gasteiger charge is -2.09. The molecule has 2 N–H and O–H groups in total. The lowest BCUT2D eigenvalue weighted by molar-refractivity contribution is 0.0470. The van der Waals surface area contributed by atoms with Crippen molar-refractivity contribution in [3.63, 3.8) is 0 Å². The summed E-state index contributed by atoms with van der Waals surface area (Å²) in [6.07, 6.45) is 0. The molecule has 2 aromatic carbocycles. The summed E-state index contributed by atoms with van der Waals surface area (Å²) in [6.45, 7) is 1.57. The Hall–Kier alpha value is -2.87. The molecule has 0 heterocycles. The van der Waals surface area contributed by atoms with Crippen molar-refractivity contribution in [3.8, 4) is 6.07 Å². The summed E-state index contributed by atoms with van der Waals surface area (Å²) >= 11 is 0. The van der Waals surface area contributed by atoms with Crippen LogP contribution in [0.1, 0.15) is 27.0 Å². The fraction of sp³-hybridized carbons (Fsp3) is 0.125. The van der Waals surface area contributed by atoms with Crippen LogP contribution in [0.2, 0.25) is 0 Å². The Kier molecular flexibility index (Phi) is 4.19. The zero-order valence-electron chi connectivity index (χ0n) is 11.4. The number of carbonyl (C=O) groups excluding carboxylic acids is 1. The smallest absolute Gasteiger partial charge is 0.340 e. The first-order chi connectivity index (χ1) is 10.0. The van der Waals surface area contributed by atoms with E-state index in [1.807, 2.05) is 6.92 Å². The lowest BCUT2D eigenvalue weighted by Crippen LogP contribution is -2.09. The Balaban J connectivity index is 2.15. The molecule has 0 aromatic heterocycles. The van der Waals surface area contributed by atoms with Gasteiger partial charge in [-0.15, -0.1) is 0 Å². The molecule has 2 aromatic rings. The van der Waals surface area contributed by atoms with Gasteiger partial charge in [0.2, 0.25) is 0 Å². The number of nitrogen functional groups attached to an aromatic ring is 1. The van der Waals surface area contributed by atoms with Crippen LogP contribution < -0.4 is 5.73 Å². The van der Waals surface area contributed by atoms with Crippen molar-refractivity contribution in [1.29, 1.82) is 5.26 Å². The van der Waals surface area contributed by atoms with Gasteiger partial charge < -0.3 is 10.5 Å². The van der Waals surface area contributed by atoms with Gasteiger partial charge in [0.05, 0.1) is 11.1 Å². The molecule has 0 spiro atoms.